The van der Waals surface area contributed by atoms with Crippen molar-refractivity contribution in [2.24, 2.45) is 17.6 Å². The monoisotopic (exact) mass is 267 g/mol. The van der Waals surface area contributed by atoms with Crippen LogP contribution in [0.3, 0.4) is 0 Å². The quantitative estimate of drug-likeness (QED) is 0.764. The summed E-state index contributed by atoms with van der Waals surface area (Å²) < 4.78 is 0. The molecule has 2 aliphatic rings. The van der Waals surface area contributed by atoms with Crippen molar-refractivity contribution < 1.29 is 9.59 Å². The Hall–Kier alpha value is -1.10. The van der Waals surface area contributed by atoms with Gasteiger partial charge in [0.25, 0.3) is 0 Å². The summed E-state index contributed by atoms with van der Waals surface area (Å²) in [6.45, 7) is 5.29. The lowest BCUT2D eigenvalue weighted by Gasteiger charge is -2.39. The van der Waals surface area contributed by atoms with Gasteiger partial charge in [0, 0.05) is 25.0 Å². The Labute approximate surface area is 114 Å². The summed E-state index contributed by atoms with van der Waals surface area (Å²) in [7, 11) is 0. The Morgan fingerprint density at radius 2 is 2.21 bits per heavy atom. The Morgan fingerprint density at radius 1 is 1.47 bits per heavy atom. The van der Waals surface area contributed by atoms with Crippen molar-refractivity contribution >= 4 is 11.8 Å². The summed E-state index contributed by atoms with van der Waals surface area (Å²) in [4.78, 5) is 26.2. The molecule has 4 atom stereocenters. The summed E-state index contributed by atoms with van der Waals surface area (Å²) >= 11 is 0. The molecule has 1 heterocycles. The summed E-state index contributed by atoms with van der Waals surface area (Å²) in [5.74, 6) is 0.612. The minimum Gasteiger partial charge on any atom is -0.353 e. The van der Waals surface area contributed by atoms with Gasteiger partial charge in [-0.1, -0.05) is 13.8 Å². The number of carbonyl (C=O) groups excluding carboxylic acids is 2. The van der Waals surface area contributed by atoms with Gasteiger partial charge >= 0.3 is 0 Å². The molecule has 1 aliphatic heterocycles. The van der Waals surface area contributed by atoms with Crippen molar-refractivity contribution in [3.8, 4) is 0 Å². The number of amides is 2. The van der Waals surface area contributed by atoms with Crippen LogP contribution >= 0.6 is 0 Å². The van der Waals surface area contributed by atoms with E-state index in [4.69, 9.17) is 5.73 Å². The summed E-state index contributed by atoms with van der Waals surface area (Å²) in [6, 6.07) is -0.182. The average Bonchev–Trinajstić information content (AvgIpc) is 2.40. The third-order valence-electron chi connectivity index (χ3n) is 4.61. The standard InChI is InChI=1S/C14H25N3O2/c1-3-12-13(18)16-6-7-17(12)14(19)10-5-4-9(2)11(15)8-10/h9-12H,3-8,15H2,1-2H3,(H,16,18). The second kappa shape index (κ2) is 5.90. The number of carbonyl (C=O) groups is 2. The van der Waals surface area contributed by atoms with Gasteiger partial charge in [0.1, 0.15) is 6.04 Å². The third kappa shape index (κ3) is 2.91. The summed E-state index contributed by atoms with van der Waals surface area (Å²) in [5, 5.41) is 2.83. The van der Waals surface area contributed by atoms with E-state index in [0.29, 0.717) is 25.4 Å². The molecule has 4 unspecified atom stereocenters. The Kier molecular flexibility index (Phi) is 4.45. The van der Waals surface area contributed by atoms with Crippen molar-refractivity contribution in [2.45, 2.75) is 51.6 Å². The van der Waals surface area contributed by atoms with Crippen LogP contribution in [0.15, 0.2) is 0 Å². The molecule has 2 amide bonds. The minimum atomic E-state index is -0.295. The van der Waals surface area contributed by atoms with E-state index in [0.717, 1.165) is 19.3 Å². The van der Waals surface area contributed by atoms with E-state index in [-0.39, 0.29) is 29.8 Å². The van der Waals surface area contributed by atoms with Gasteiger partial charge in [0.2, 0.25) is 11.8 Å². The van der Waals surface area contributed by atoms with Crippen LogP contribution in [0.2, 0.25) is 0 Å². The molecular formula is C14H25N3O2. The second-order valence-electron chi connectivity index (χ2n) is 5.90. The predicted octanol–water partition coefficient (Wildman–Crippen LogP) is 0.487. The maximum absolute atomic E-state index is 12.6. The van der Waals surface area contributed by atoms with Gasteiger partial charge in [-0.05, 0) is 31.6 Å². The predicted molar refractivity (Wildman–Crippen MR) is 73.3 cm³/mol. The van der Waals surface area contributed by atoms with Crippen LogP contribution in [0, 0.1) is 11.8 Å². The number of hydrogen-bond donors (Lipinski definition) is 2. The highest BCUT2D eigenvalue weighted by atomic mass is 16.2. The maximum Gasteiger partial charge on any atom is 0.242 e. The highest BCUT2D eigenvalue weighted by molar-refractivity contribution is 5.89. The van der Waals surface area contributed by atoms with Crippen molar-refractivity contribution in [3.63, 3.8) is 0 Å². The fraction of sp³-hybridized carbons (Fsp3) is 0.857. The number of piperazine rings is 1. The van der Waals surface area contributed by atoms with Gasteiger partial charge in [-0.25, -0.2) is 0 Å². The van der Waals surface area contributed by atoms with E-state index in [9.17, 15) is 9.59 Å². The molecule has 1 saturated carbocycles. The summed E-state index contributed by atoms with van der Waals surface area (Å²) in [6.07, 6.45) is 3.35. The first-order chi connectivity index (χ1) is 9.04. The molecule has 1 aliphatic carbocycles. The zero-order valence-electron chi connectivity index (χ0n) is 11.9. The van der Waals surface area contributed by atoms with Gasteiger partial charge in [0.15, 0.2) is 0 Å². The highest BCUT2D eigenvalue weighted by Gasteiger charge is 2.37. The first-order valence-corrected chi connectivity index (χ1v) is 7.38. The van der Waals surface area contributed by atoms with E-state index < -0.39 is 0 Å². The van der Waals surface area contributed by atoms with Crippen LogP contribution in [0.1, 0.15) is 39.5 Å². The average molecular weight is 267 g/mol. The maximum atomic E-state index is 12.6. The van der Waals surface area contributed by atoms with Gasteiger partial charge in [0.05, 0.1) is 0 Å². The van der Waals surface area contributed by atoms with E-state index in [1.807, 2.05) is 6.92 Å². The SMILES string of the molecule is CCC1C(=O)NCCN1C(=O)C1CCC(C)C(N)C1. The molecule has 5 heteroatoms. The van der Waals surface area contributed by atoms with Crippen LogP contribution in [-0.4, -0.2) is 41.9 Å². The zero-order valence-corrected chi connectivity index (χ0v) is 11.9. The van der Waals surface area contributed by atoms with E-state index in [1.165, 1.54) is 0 Å². The van der Waals surface area contributed by atoms with Crippen LogP contribution < -0.4 is 11.1 Å². The zero-order chi connectivity index (χ0) is 14.0. The molecule has 0 bridgehead atoms. The Balaban J connectivity index is 2.04. The lowest BCUT2D eigenvalue weighted by molar-refractivity contribution is -0.147. The lowest BCUT2D eigenvalue weighted by Crippen LogP contribution is -2.58. The molecule has 0 aromatic heterocycles. The largest absolute Gasteiger partial charge is 0.353 e. The first kappa shape index (κ1) is 14.3. The van der Waals surface area contributed by atoms with Gasteiger partial charge in [-0.15, -0.1) is 0 Å². The lowest BCUT2D eigenvalue weighted by atomic mass is 9.79. The highest BCUT2D eigenvalue weighted by Crippen LogP contribution is 2.30. The van der Waals surface area contributed by atoms with Gasteiger partial charge in [-0.3, -0.25) is 9.59 Å². The molecule has 0 aromatic carbocycles. The topological polar surface area (TPSA) is 75.4 Å². The van der Waals surface area contributed by atoms with Crippen LogP contribution in [-0.2, 0) is 9.59 Å². The van der Waals surface area contributed by atoms with Crippen molar-refractivity contribution in [1.82, 2.24) is 10.2 Å². The van der Waals surface area contributed by atoms with E-state index in [2.05, 4.69) is 12.2 Å². The molecule has 108 valence electrons. The van der Waals surface area contributed by atoms with Crippen molar-refractivity contribution in [3.05, 3.63) is 0 Å². The van der Waals surface area contributed by atoms with Crippen molar-refractivity contribution in [1.29, 1.82) is 0 Å². The number of nitrogens with one attached hydrogen (secondary N) is 1. The molecule has 0 spiro atoms. The molecule has 0 aromatic rings. The third-order valence-corrected chi connectivity index (χ3v) is 4.61. The molecular weight excluding hydrogens is 242 g/mol. The van der Waals surface area contributed by atoms with Gasteiger partial charge in [-0.2, -0.15) is 0 Å². The number of rotatable bonds is 2. The smallest absolute Gasteiger partial charge is 0.242 e. The molecule has 2 rings (SSSR count). The molecule has 3 N–H and O–H groups in total. The molecule has 0 radical (unpaired) electrons. The minimum absolute atomic E-state index is 0.00569. The van der Waals surface area contributed by atoms with Crippen LogP contribution in [0.5, 0.6) is 0 Å². The Bertz CT molecular complexity index is 359. The van der Waals surface area contributed by atoms with Crippen molar-refractivity contribution in [2.75, 3.05) is 13.1 Å². The molecule has 1 saturated heterocycles. The van der Waals surface area contributed by atoms with Crippen LogP contribution in [0.25, 0.3) is 0 Å². The summed E-state index contributed by atoms with van der Waals surface area (Å²) in [5.41, 5.74) is 6.08. The van der Waals surface area contributed by atoms with Gasteiger partial charge < -0.3 is 16.0 Å². The normalized spacial score (nSPS) is 35.9. The molecule has 5 nitrogen and oxygen atoms in total. The number of nitrogens with zero attached hydrogens (tertiary/aromatic N) is 1. The van der Waals surface area contributed by atoms with E-state index in [1.54, 1.807) is 4.90 Å². The number of nitrogens with two attached hydrogens (primary N) is 1. The molecule has 2 fully saturated rings. The second-order valence-corrected chi connectivity index (χ2v) is 5.90. The van der Waals surface area contributed by atoms with E-state index >= 15 is 0 Å². The van der Waals surface area contributed by atoms with Crippen LogP contribution in [0.4, 0.5) is 0 Å². The first-order valence-electron chi connectivity index (χ1n) is 7.38. The fourth-order valence-electron chi connectivity index (χ4n) is 3.20. The number of hydrogen-bond acceptors (Lipinski definition) is 3. The molecule has 19 heavy (non-hydrogen) atoms. The Morgan fingerprint density at radius 3 is 2.84 bits per heavy atom. The fourth-order valence-corrected chi connectivity index (χ4v) is 3.20.